The Bertz CT molecular complexity index is 830. The third kappa shape index (κ3) is 2.37. The molecule has 1 aliphatic rings. The normalized spacial score (nSPS) is 13.3. The van der Waals surface area contributed by atoms with Crippen LogP contribution in [0.4, 0.5) is 4.39 Å². The number of rotatable bonds is 2. The summed E-state index contributed by atoms with van der Waals surface area (Å²) in [5.41, 5.74) is 0.221. The molecule has 2 amide bonds. The first kappa shape index (κ1) is 15.2. The van der Waals surface area contributed by atoms with Crippen LogP contribution in [-0.4, -0.2) is 22.8 Å². The smallest absolute Gasteiger partial charge is 0.324 e. The summed E-state index contributed by atoms with van der Waals surface area (Å²) >= 11 is 5.74. The van der Waals surface area contributed by atoms with Gasteiger partial charge in [-0.3, -0.25) is 9.59 Å². The van der Waals surface area contributed by atoms with Gasteiger partial charge in [-0.25, -0.2) is 9.18 Å². The van der Waals surface area contributed by atoms with Gasteiger partial charge in [0.05, 0.1) is 21.7 Å². The van der Waals surface area contributed by atoms with Crippen LogP contribution in [0.15, 0.2) is 36.4 Å². The largest absolute Gasteiger partial charge is 0.366 e. The average molecular weight is 334 g/mol. The molecular formula is C16H9ClFNO4. The number of hydrogen-bond acceptors (Lipinski definition) is 4. The van der Waals surface area contributed by atoms with Crippen LogP contribution in [-0.2, 0) is 4.84 Å². The summed E-state index contributed by atoms with van der Waals surface area (Å²) in [6, 6.07) is 8.64. The van der Waals surface area contributed by atoms with E-state index in [2.05, 4.69) is 0 Å². The molecule has 1 aliphatic heterocycles. The van der Waals surface area contributed by atoms with Gasteiger partial charge in [0.1, 0.15) is 0 Å². The molecule has 3 rings (SSSR count). The third-order valence-corrected chi connectivity index (χ3v) is 3.89. The van der Waals surface area contributed by atoms with Crippen molar-refractivity contribution in [3.63, 3.8) is 0 Å². The molecular weight excluding hydrogens is 325 g/mol. The van der Waals surface area contributed by atoms with Crippen molar-refractivity contribution in [2.24, 2.45) is 0 Å². The first-order valence-corrected chi connectivity index (χ1v) is 6.94. The maximum atomic E-state index is 14.0. The minimum absolute atomic E-state index is 0.118. The van der Waals surface area contributed by atoms with Gasteiger partial charge in [0.2, 0.25) is 0 Å². The van der Waals surface area contributed by atoms with Gasteiger partial charge in [-0.2, -0.15) is 0 Å². The Labute approximate surface area is 135 Å². The molecule has 23 heavy (non-hydrogen) atoms. The average Bonchev–Trinajstić information content (AvgIpc) is 2.78. The summed E-state index contributed by atoms with van der Waals surface area (Å²) in [6.07, 6.45) is 0. The van der Waals surface area contributed by atoms with Crippen LogP contribution in [0.5, 0.6) is 0 Å². The predicted octanol–water partition coefficient (Wildman–Crippen LogP) is 3.16. The molecule has 0 saturated heterocycles. The lowest BCUT2D eigenvalue weighted by Gasteiger charge is -2.13. The van der Waals surface area contributed by atoms with E-state index in [9.17, 15) is 18.8 Å². The van der Waals surface area contributed by atoms with Crippen molar-refractivity contribution >= 4 is 29.4 Å². The quantitative estimate of drug-likeness (QED) is 0.792. The molecule has 116 valence electrons. The predicted molar refractivity (Wildman–Crippen MR) is 78.5 cm³/mol. The molecule has 0 aliphatic carbocycles. The second-order valence-electron chi connectivity index (χ2n) is 4.89. The molecule has 0 fully saturated rings. The summed E-state index contributed by atoms with van der Waals surface area (Å²) in [5, 5.41) is 0.0991. The number of hydrogen-bond donors (Lipinski definition) is 0. The highest BCUT2D eigenvalue weighted by Crippen LogP contribution is 2.26. The zero-order valence-electron chi connectivity index (χ0n) is 11.8. The highest BCUT2D eigenvalue weighted by atomic mass is 35.5. The fourth-order valence-corrected chi connectivity index (χ4v) is 2.35. The Balaban J connectivity index is 1.89. The van der Waals surface area contributed by atoms with Crippen molar-refractivity contribution in [2.45, 2.75) is 6.92 Å². The molecule has 0 saturated carbocycles. The number of carbonyl (C=O) groups excluding carboxylic acids is 3. The van der Waals surface area contributed by atoms with E-state index in [1.807, 2.05) is 0 Å². The Morgan fingerprint density at radius 1 is 1.09 bits per heavy atom. The standard InChI is InChI=1S/C16H9ClFNO4/c1-8-6-7-11(13(18)12(8)17)16(22)23-19-14(20)9-4-2-3-5-10(9)15(19)21/h2-7H,1H3. The van der Waals surface area contributed by atoms with Crippen LogP contribution in [0.1, 0.15) is 36.6 Å². The van der Waals surface area contributed by atoms with E-state index in [1.165, 1.54) is 24.3 Å². The summed E-state index contributed by atoms with van der Waals surface area (Å²) in [7, 11) is 0. The number of aryl methyl sites for hydroxylation is 1. The Kier molecular flexibility index (Phi) is 3.61. The van der Waals surface area contributed by atoms with Crippen molar-refractivity contribution in [2.75, 3.05) is 0 Å². The SMILES string of the molecule is Cc1ccc(C(=O)ON2C(=O)c3ccccc3C2=O)c(F)c1Cl. The number of benzene rings is 2. The molecule has 7 heteroatoms. The highest BCUT2D eigenvalue weighted by Gasteiger charge is 2.39. The number of nitrogens with zero attached hydrogens (tertiary/aromatic N) is 1. The fraction of sp³-hybridized carbons (Fsp3) is 0.0625. The zero-order valence-corrected chi connectivity index (χ0v) is 12.6. The van der Waals surface area contributed by atoms with E-state index in [1.54, 1.807) is 19.1 Å². The molecule has 1 heterocycles. The molecule has 0 aromatic heterocycles. The van der Waals surface area contributed by atoms with Gasteiger partial charge >= 0.3 is 5.97 Å². The second kappa shape index (κ2) is 5.48. The topological polar surface area (TPSA) is 63.7 Å². The fourth-order valence-electron chi connectivity index (χ4n) is 2.19. The highest BCUT2D eigenvalue weighted by molar-refractivity contribution is 6.31. The van der Waals surface area contributed by atoms with Crippen molar-refractivity contribution in [1.29, 1.82) is 0 Å². The van der Waals surface area contributed by atoms with E-state index in [4.69, 9.17) is 16.4 Å². The molecule has 2 aromatic rings. The van der Waals surface area contributed by atoms with Gasteiger partial charge in [-0.05, 0) is 30.7 Å². The lowest BCUT2D eigenvalue weighted by Crippen LogP contribution is -2.33. The summed E-state index contributed by atoms with van der Waals surface area (Å²) in [4.78, 5) is 41.0. The number of halogens is 2. The van der Waals surface area contributed by atoms with Crippen LogP contribution in [0.3, 0.4) is 0 Å². The van der Waals surface area contributed by atoms with Gasteiger partial charge < -0.3 is 4.84 Å². The van der Waals surface area contributed by atoms with Crippen LogP contribution in [0.25, 0.3) is 0 Å². The molecule has 0 bridgehead atoms. The first-order valence-electron chi connectivity index (χ1n) is 6.56. The van der Waals surface area contributed by atoms with Crippen molar-refractivity contribution < 1.29 is 23.6 Å². The number of fused-ring (bicyclic) bond motifs is 1. The van der Waals surface area contributed by atoms with Crippen molar-refractivity contribution in [3.8, 4) is 0 Å². The molecule has 0 atom stereocenters. The molecule has 2 aromatic carbocycles. The number of carbonyl (C=O) groups is 3. The summed E-state index contributed by atoms with van der Waals surface area (Å²) < 4.78 is 14.0. The second-order valence-corrected chi connectivity index (χ2v) is 5.26. The number of amides is 2. The molecule has 5 nitrogen and oxygen atoms in total. The molecule has 0 radical (unpaired) electrons. The minimum Gasteiger partial charge on any atom is -0.324 e. The molecule has 0 spiro atoms. The number of imide groups is 1. The van der Waals surface area contributed by atoms with Crippen LogP contribution in [0.2, 0.25) is 5.02 Å². The van der Waals surface area contributed by atoms with Gasteiger partial charge in [-0.15, -0.1) is 0 Å². The summed E-state index contributed by atoms with van der Waals surface area (Å²) in [6.45, 7) is 1.57. The van der Waals surface area contributed by atoms with E-state index in [0.29, 0.717) is 10.6 Å². The van der Waals surface area contributed by atoms with Crippen molar-refractivity contribution in [3.05, 3.63) is 69.5 Å². The minimum atomic E-state index is -1.18. The zero-order chi connectivity index (χ0) is 16.7. The lowest BCUT2D eigenvalue weighted by atomic mass is 10.1. The van der Waals surface area contributed by atoms with Crippen LogP contribution < -0.4 is 0 Å². The van der Waals surface area contributed by atoms with Gasteiger partial charge in [0.15, 0.2) is 5.82 Å². The van der Waals surface area contributed by atoms with E-state index in [-0.39, 0.29) is 16.1 Å². The van der Waals surface area contributed by atoms with Crippen LogP contribution >= 0.6 is 11.6 Å². The van der Waals surface area contributed by atoms with Gasteiger partial charge in [0, 0.05) is 0 Å². The first-order chi connectivity index (χ1) is 10.9. The maximum absolute atomic E-state index is 14.0. The van der Waals surface area contributed by atoms with Crippen LogP contribution in [0, 0.1) is 12.7 Å². The third-order valence-electron chi connectivity index (χ3n) is 3.43. The lowest BCUT2D eigenvalue weighted by molar-refractivity contribution is -0.0587. The molecule has 0 unspecified atom stereocenters. The van der Waals surface area contributed by atoms with Gasteiger partial charge in [-0.1, -0.05) is 34.9 Å². The Hall–Kier alpha value is -2.73. The van der Waals surface area contributed by atoms with E-state index >= 15 is 0 Å². The van der Waals surface area contributed by atoms with E-state index < -0.39 is 29.2 Å². The van der Waals surface area contributed by atoms with E-state index in [0.717, 1.165) is 0 Å². The maximum Gasteiger partial charge on any atom is 0.366 e. The monoisotopic (exact) mass is 333 g/mol. The molecule has 0 N–H and O–H groups in total. The Morgan fingerprint density at radius 2 is 1.65 bits per heavy atom. The van der Waals surface area contributed by atoms with Crippen molar-refractivity contribution in [1.82, 2.24) is 5.06 Å². The van der Waals surface area contributed by atoms with Gasteiger partial charge in [0.25, 0.3) is 11.8 Å². The Morgan fingerprint density at radius 3 is 2.22 bits per heavy atom. The summed E-state index contributed by atoms with van der Waals surface area (Å²) in [5.74, 6) is -3.71. The number of hydroxylamine groups is 2.